The van der Waals surface area contributed by atoms with Crippen LogP contribution in [0.2, 0.25) is 0 Å². The smallest absolute Gasteiger partial charge is 0.322 e. The third kappa shape index (κ3) is 6.84. The van der Waals surface area contributed by atoms with Gasteiger partial charge in [-0.15, -0.1) is 0 Å². The van der Waals surface area contributed by atoms with E-state index in [-0.39, 0.29) is 18.5 Å². The largest absolute Gasteiger partial charge is 0.497 e. The molecule has 202 valence electrons. The molecule has 0 unspecified atom stereocenters. The van der Waals surface area contributed by atoms with E-state index in [2.05, 4.69) is 17.6 Å². The van der Waals surface area contributed by atoms with Crippen LogP contribution in [0, 0.1) is 13.8 Å². The van der Waals surface area contributed by atoms with E-state index >= 15 is 0 Å². The van der Waals surface area contributed by atoms with Crippen LogP contribution in [0.4, 0.5) is 16.3 Å². The fraction of sp³-hybridized carbons (Fsp3) is 0.258. The second kappa shape index (κ2) is 12.8. The summed E-state index contributed by atoms with van der Waals surface area (Å²) in [6.45, 7) is 6.33. The number of carbonyl (C=O) groups is 2. The molecular formula is C31H35N5O3. The summed E-state index contributed by atoms with van der Waals surface area (Å²) >= 11 is 0. The van der Waals surface area contributed by atoms with Crippen molar-refractivity contribution in [3.63, 3.8) is 0 Å². The molecule has 8 nitrogen and oxygen atoms in total. The number of amides is 3. The van der Waals surface area contributed by atoms with Gasteiger partial charge in [0.25, 0.3) is 0 Å². The first-order valence-electron chi connectivity index (χ1n) is 13.1. The number of urea groups is 1. The highest BCUT2D eigenvalue weighted by molar-refractivity contribution is 5.99. The molecule has 4 rings (SSSR count). The Morgan fingerprint density at radius 1 is 0.923 bits per heavy atom. The average molecular weight is 526 g/mol. The summed E-state index contributed by atoms with van der Waals surface area (Å²) in [6, 6.07) is 24.6. The van der Waals surface area contributed by atoms with Crippen LogP contribution in [-0.4, -0.2) is 46.8 Å². The number of methoxy groups -OCH3 is 1. The number of aromatic nitrogens is 2. The Balaban J connectivity index is 1.62. The van der Waals surface area contributed by atoms with E-state index in [1.807, 2.05) is 92.7 Å². The number of hydrogen-bond acceptors (Lipinski definition) is 4. The molecule has 4 aromatic rings. The Kier molecular flexibility index (Phi) is 8.99. The van der Waals surface area contributed by atoms with Crippen LogP contribution in [0.1, 0.15) is 31.0 Å². The molecule has 0 aliphatic carbocycles. The predicted molar refractivity (Wildman–Crippen MR) is 156 cm³/mol. The molecule has 1 heterocycles. The predicted octanol–water partition coefficient (Wildman–Crippen LogP) is 6.44. The Labute approximate surface area is 229 Å². The van der Waals surface area contributed by atoms with Crippen molar-refractivity contribution < 1.29 is 14.3 Å². The molecule has 0 saturated carbocycles. The summed E-state index contributed by atoms with van der Waals surface area (Å²) < 4.78 is 7.02. The maximum absolute atomic E-state index is 13.5. The number of aryl methyl sites for hydroxylation is 2. The summed E-state index contributed by atoms with van der Waals surface area (Å²) in [4.78, 5) is 28.2. The highest BCUT2D eigenvalue weighted by Crippen LogP contribution is 2.33. The van der Waals surface area contributed by atoms with E-state index < -0.39 is 0 Å². The molecule has 3 amide bonds. The van der Waals surface area contributed by atoms with Crippen LogP contribution < -0.4 is 15.4 Å². The number of carbonyl (C=O) groups excluding carboxylic acids is 2. The summed E-state index contributed by atoms with van der Waals surface area (Å²) in [5.74, 6) is 0.961. The van der Waals surface area contributed by atoms with Gasteiger partial charge in [-0.3, -0.25) is 4.79 Å². The number of unbranched alkanes of at least 4 members (excludes halogenated alkanes) is 1. The Hall–Kier alpha value is -4.59. The first kappa shape index (κ1) is 27.4. The lowest BCUT2D eigenvalue weighted by Crippen LogP contribution is -2.41. The maximum atomic E-state index is 13.5. The number of ether oxygens (including phenoxy) is 1. The number of nitrogens with one attached hydrogen (secondary N) is 2. The molecule has 0 atom stereocenters. The van der Waals surface area contributed by atoms with Gasteiger partial charge in [-0.1, -0.05) is 61.4 Å². The van der Waals surface area contributed by atoms with E-state index in [0.717, 1.165) is 46.7 Å². The topological polar surface area (TPSA) is 88.5 Å². The summed E-state index contributed by atoms with van der Waals surface area (Å²) in [7, 11) is 1.62. The van der Waals surface area contributed by atoms with Gasteiger partial charge < -0.3 is 20.3 Å². The van der Waals surface area contributed by atoms with E-state index in [4.69, 9.17) is 9.84 Å². The van der Waals surface area contributed by atoms with Gasteiger partial charge in [0.15, 0.2) is 0 Å². The molecule has 0 saturated heterocycles. The van der Waals surface area contributed by atoms with Crippen molar-refractivity contribution in [3.8, 4) is 22.6 Å². The zero-order valence-corrected chi connectivity index (χ0v) is 22.9. The van der Waals surface area contributed by atoms with Crippen molar-refractivity contribution in [2.24, 2.45) is 0 Å². The van der Waals surface area contributed by atoms with Crippen molar-refractivity contribution >= 4 is 23.4 Å². The van der Waals surface area contributed by atoms with E-state index in [1.54, 1.807) is 16.7 Å². The van der Waals surface area contributed by atoms with Gasteiger partial charge in [-0.2, -0.15) is 5.10 Å². The molecule has 0 radical (unpaired) electrons. The van der Waals surface area contributed by atoms with Crippen LogP contribution in [0.15, 0.2) is 78.9 Å². The van der Waals surface area contributed by atoms with Crippen molar-refractivity contribution in [1.29, 1.82) is 0 Å². The lowest BCUT2D eigenvalue weighted by molar-refractivity contribution is -0.116. The van der Waals surface area contributed by atoms with Crippen molar-refractivity contribution in [1.82, 2.24) is 14.7 Å². The van der Waals surface area contributed by atoms with Crippen LogP contribution in [0.3, 0.4) is 0 Å². The van der Waals surface area contributed by atoms with Crippen LogP contribution >= 0.6 is 0 Å². The van der Waals surface area contributed by atoms with Crippen LogP contribution in [0.5, 0.6) is 5.75 Å². The minimum Gasteiger partial charge on any atom is -0.497 e. The van der Waals surface area contributed by atoms with Crippen molar-refractivity contribution in [2.75, 3.05) is 30.8 Å². The molecule has 3 aromatic carbocycles. The van der Waals surface area contributed by atoms with Crippen molar-refractivity contribution in [2.45, 2.75) is 33.6 Å². The fourth-order valence-corrected chi connectivity index (χ4v) is 4.29. The maximum Gasteiger partial charge on any atom is 0.322 e. The number of hydrogen-bond donors (Lipinski definition) is 2. The number of nitrogens with zero attached hydrogens (tertiary/aromatic N) is 3. The molecule has 8 heteroatoms. The summed E-state index contributed by atoms with van der Waals surface area (Å²) in [5.41, 5.74) is 5.10. The third-order valence-electron chi connectivity index (χ3n) is 6.40. The quantitative estimate of drug-likeness (QED) is 0.249. The lowest BCUT2D eigenvalue weighted by Gasteiger charge is -2.23. The SMILES string of the molecule is CCCCN(CC(=O)Nc1c(-c2ccccc2)c(C)nn1-c1ccc(OC)cc1)C(=O)Nc1ccc(C)cc1. The standard InChI is InChI=1S/C31H35N5O3/c1-5-6-20-35(31(38)32-25-14-12-22(2)13-15-25)21-28(37)33-30-29(24-10-8-7-9-11-24)23(3)34-36(30)26-16-18-27(39-4)19-17-26/h7-19H,5-6,20-21H2,1-4H3,(H,32,38)(H,33,37). The van der Waals surface area contributed by atoms with E-state index in [0.29, 0.717) is 18.1 Å². The van der Waals surface area contributed by atoms with Gasteiger partial charge in [0, 0.05) is 17.8 Å². The van der Waals surface area contributed by atoms with Gasteiger partial charge in [-0.05, 0) is 62.2 Å². The molecule has 2 N–H and O–H groups in total. The first-order valence-corrected chi connectivity index (χ1v) is 13.1. The van der Waals surface area contributed by atoms with Gasteiger partial charge in [-0.25, -0.2) is 9.48 Å². The minimum absolute atomic E-state index is 0.0984. The molecule has 0 aliphatic heterocycles. The van der Waals surface area contributed by atoms with Gasteiger partial charge in [0.05, 0.1) is 18.5 Å². The van der Waals surface area contributed by atoms with Crippen LogP contribution in [0.25, 0.3) is 16.8 Å². The van der Waals surface area contributed by atoms with Crippen molar-refractivity contribution in [3.05, 3.63) is 90.1 Å². The molecule has 0 bridgehead atoms. The fourth-order valence-electron chi connectivity index (χ4n) is 4.29. The zero-order valence-electron chi connectivity index (χ0n) is 22.9. The Morgan fingerprint density at radius 2 is 1.62 bits per heavy atom. The molecule has 0 aliphatic rings. The number of benzene rings is 3. The van der Waals surface area contributed by atoms with E-state index in [1.165, 1.54) is 0 Å². The highest BCUT2D eigenvalue weighted by Gasteiger charge is 2.23. The minimum atomic E-state index is -0.314. The first-order chi connectivity index (χ1) is 18.9. The number of anilines is 2. The van der Waals surface area contributed by atoms with Gasteiger partial charge in [0.1, 0.15) is 18.1 Å². The normalized spacial score (nSPS) is 10.7. The van der Waals surface area contributed by atoms with Gasteiger partial charge in [0.2, 0.25) is 5.91 Å². The molecule has 0 spiro atoms. The zero-order chi connectivity index (χ0) is 27.8. The molecule has 0 fully saturated rings. The molecular weight excluding hydrogens is 490 g/mol. The van der Waals surface area contributed by atoms with E-state index in [9.17, 15) is 9.59 Å². The average Bonchev–Trinajstić information content (AvgIpc) is 3.27. The molecule has 1 aromatic heterocycles. The Morgan fingerprint density at radius 3 is 2.26 bits per heavy atom. The van der Waals surface area contributed by atoms with Crippen LogP contribution in [-0.2, 0) is 4.79 Å². The monoisotopic (exact) mass is 525 g/mol. The Bertz CT molecular complexity index is 1400. The summed E-state index contributed by atoms with van der Waals surface area (Å²) in [6.07, 6.45) is 1.68. The molecule has 39 heavy (non-hydrogen) atoms. The third-order valence-corrected chi connectivity index (χ3v) is 6.40. The van der Waals surface area contributed by atoms with Gasteiger partial charge >= 0.3 is 6.03 Å². The second-order valence-corrected chi connectivity index (χ2v) is 9.40. The lowest BCUT2D eigenvalue weighted by atomic mass is 10.1. The number of rotatable bonds is 10. The summed E-state index contributed by atoms with van der Waals surface area (Å²) in [5, 5.41) is 10.7. The highest BCUT2D eigenvalue weighted by atomic mass is 16.5. The second-order valence-electron chi connectivity index (χ2n) is 9.40.